The number of hydrogen-bond donors (Lipinski definition) is 0. The highest BCUT2D eigenvalue weighted by molar-refractivity contribution is 5.95. The maximum atomic E-state index is 12.1. The summed E-state index contributed by atoms with van der Waals surface area (Å²) in [5.74, 6) is -0.129. The zero-order valence-corrected chi connectivity index (χ0v) is 12.3. The van der Waals surface area contributed by atoms with Crippen LogP contribution in [0.3, 0.4) is 0 Å². The van der Waals surface area contributed by atoms with E-state index in [2.05, 4.69) is 26.8 Å². The van der Waals surface area contributed by atoms with Gasteiger partial charge in [0.25, 0.3) is 0 Å². The molecule has 0 aromatic rings. The molecule has 1 aliphatic carbocycles. The summed E-state index contributed by atoms with van der Waals surface area (Å²) in [6.45, 7) is 8.15. The molecule has 3 nitrogen and oxygen atoms in total. The van der Waals surface area contributed by atoms with Gasteiger partial charge >= 0.3 is 0 Å². The topological polar surface area (TPSA) is 53.4 Å². The fraction of sp³-hybridized carbons (Fsp3) is 0.750. The van der Waals surface area contributed by atoms with Gasteiger partial charge in [-0.25, -0.2) is 0 Å². The van der Waals surface area contributed by atoms with E-state index < -0.39 is 0 Å². The molecule has 0 amide bonds. The molecule has 1 fully saturated rings. The van der Waals surface area contributed by atoms with Gasteiger partial charge in [-0.2, -0.15) is 5.26 Å². The molecule has 3 atom stereocenters. The van der Waals surface area contributed by atoms with E-state index in [1.54, 1.807) is 0 Å². The first kappa shape index (κ1) is 14.3. The van der Waals surface area contributed by atoms with Crippen molar-refractivity contribution < 1.29 is 9.53 Å². The van der Waals surface area contributed by atoms with Crippen LogP contribution >= 0.6 is 0 Å². The van der Waals surface area contributed by atoms with E-state index in [-0.39, 0.29) is 28.8 Å². The Morgan fingerprint density at radius 3 is 2.74 bits per heavy atom. The zero-order valence-electron chi connectivity index (χ0n) is 12.3. The minimum absolute atomic E-state index is 0.0541. The maximum absolute atomic E-state index is 12.1. The molecule has 1 aliphatic heterocycles. The van der Waals surface area contributed by atoms with Gasteiger partial charge in [0.15, 0.2) is 5.78 Å². The number of fused-ring (bicyclic) bond motifs is 1. The molecule has 104 valence electrons. The molecule has 3 heteroatoms. The molecular formula is C16H23NO2. The van der Waals surface area contributed by atoms with Crippen LogP contribution in [0.2, 0.25) is 0 Å². The Bertz CT molecular complexity index is 458. The number of nitriles is 1. The van der Waals surface area contributed by atoms with Crippen molar-refractivity contribution in [3.05, 3.63) is 11.6 Å². The molecule has 0 aromatic carbocycles. The number of nitrogens with zero attached hydrogens (tertiary/aromatic N) is 1. The van der Waals surface area contributed by atoms with Crippen molar-refractivity contribution in [2.75, 3.05) is 0 Å². The quantitative estimate of drug-likeness (QED) is 0.628. The first-order valence-electron chi connectivity index (χ1n) is 7.06. The fourth-order valence-electron chi connectivity index (χ4n) is 2.92. The molecule has 1 saturated heterocycles. The summed E-state index contributed by atoms with van der Waals surface area (Å²) in [5, 5.41) is 9.38. The van der Waals surface area contributed by atoms with Gasteiger partial charge in [0, 0.05) is 6.42 Å². The van der Waals surface area contributed by atoms with Gasteiger partial charge in [0.1, 0.15) is 0 Å². The number of ether oxygens (including phenoxy) is 1. The zero-order chi connectivity index (χ0) is 14.3. The van der Waals surface area contributed by atoms with Crippen LogP contribution in [0.1, 0.15) is 53.4 Å². The number of rotatable bonds is 0. The third kappa shape index (κ3) is 2.90. The summed E-state index contributed by atoms with van der Waals surface area (Å²) in [7, 11) is 0. The first-order valence-corrected chi connectivity index (χ1v) is 7.06. The van der Waals surface area contributed by atoms with Crippen LogP contribution in [-0.4, -0.2) is 17.5 Å². The molecule has 1 heterocycles. The van der Waals surface area contributed by atoms with Gasteiger partial charge in [-0.3, -0.25) is 4.79 Å². The molecule has 0 bridgehead atoms. The van der Waals surface area contributed by atoms with Gasteiger partial charge in [-0.05, 0) is 44.1 Å². The predicted octanol–water partition coefficient (Wildman–Crippen LogP) is 3.40. The number of ketones is 1. The number of carbonyl (C=O) groups excluding carboxylic acids is 1. The van der Waals surface area contributed by atoms with E-state index >= 15 is 0 Å². The Hall–Kier alpha value is -1.14. The van der Waals surface area contributed by atoms with Crippen LogP contribution in [0.15, 0.2) is 11.6 Å². The highest BCUT2D eigenvalue weighted by Gasteiger charge is 2.54. The molecule has 19 heavy (non-hydrogen) atoms. The maximum Gasteiger partial charge on any atom is 0.159 e. The Labute approximate surface area is 115 Å². The van der Waals surface area contributed by atoms with E-state index in [1.807, 2.05) is 13.0 Å². The van der Waals surface area contributed by atoms with Crippen LogP contribution in [-0.2, 0) is 9.53 Å². The fourth-order valence-corrected chi connectivity index (χ4v) is 2.92. The third-order valence-corrected chi connectivity index (χ3v) is 4.77. The highest BCUT2D eigenvalue weighted by Crippen LogP contribution is 2.49. The van der Waals surface area contributed by atoms with E-state index in [0.717, 1.165) is 24.8 Å². The minimum Gasteiger partial charge on any atom is -0.366 e. The summed E-state index contributed by atoms with van der Waals surface area (Å²) >= 11 is 0. The lowest BCUT2D eigenvalue weighted by molar-refractivity contribution is -0.116. The highest BCUT2D eigenvalue weighted by atomic mass is 16.6. The Kier molecular flexibility index (Phi) is 3.57. The molecule has 2 aliphatic rings. The second-order valence-electron chi connectivity index (χ2n) is 6.85. The van der Waals surface area contributed by atoms with E-state index in [9.17, 15) is 10.1 Å². The monoisotopic (exact) mass is 261 g/mol. The van der Waals surface area contributed by atoms with Gasteiger partial charge < -0.3 is 4.74 Å². The molecule has 2 rings (SSSR count). The molecule has 0 radical (unpaired) electrons. The van der Waals surface area contributed by atoms with Crippen LogP contribution < -0.4 is 0 Å². The lowest BCUT2D eigenvalue weighted by atomic mass is 9.72. The molecule has 0 spiro atoms. The average molecular weight is 261 g/mol. The van der Waals surface area contributed by atoms with Crippen molar-refractivity contribution >= 4 is 5.78 Å². The second-order valence-corrected chi connectivity index (χ2v) is 6.85. The summed E-state index contributed by atoms with van der Waals surface area (Å²) in [6.07, 6.45) is 5.25. The number of carbonyl (C=O) groups is 1. The smallest absolute Gasteiger partial charge is 0.159 e. The Balaban J connectivity index is 2.26. The lowest BCUT2D eigenvalue weighted by Crippen LogP contribution is -2.28. The van der Waals surface area contributed by atoms with Crippen molar-refractivity contribution in [3.8, 4) is 6.07 Å². The molecule has 0 N–H and O–H groups in total. The molecule has 0 unspecified atom stereocenters. The van der Waals surface area contributed by atoms with Crippen molar-refractivity contribution in [1.29, 1.82) is 5.26 Å². The van der Waals surface area contributed by atoms with Crippen molar-refractivity contribution in [1.82, 2.24) is 0 Å². The number of allylic oxidation sites excluding steroid dienone is 2. The van der Waals surface area contributed by atoms with Gasteiger partial charge in [0.2, 0.25) is 0 Å². The number of hydrogen-bond acceptors (Lipinski definition) is 3. The Morgan fingerprint density at radius 1 is 1.42 bits per heavy atom. The standard InChI is InChI=1S/C16H23NO2/c1-11-6-5-7-16(4)14(19-16)9-15(2,3)12(10-17)8-13(11)18/h6,12,14H,5,7-9H2,1-4H3/b11-6-/t12-,14-,16-/m1/s1. The normalized spacial score (nSPS) is 41.2. The molecule has 0 saturated carbocycles. The third-order valence-electron chi connectivity index (χ3n) is 4.77. The number of epoxide rings is 1. The second kappa shape index (κ2) is 4.76. The van der Waals surface area contributed by atoms with Gasteiger partial charge in [-0.1, -0.05) is 19.9 Å². The molecule has 0 aromatic heterocycles. The van der Waals surface area contributed by atoms with Crippen LogP contribution in [0.25, 0.3) is 0 Å². The first-order chi connectivity index (χ1) is 8.78. The van der Waals surface area contributed by atoms with Gasteiger partial charge in [-0.15, -0.1) is 0 Å². The van der Waals surface area contributed by atoms with Crippen LogP contribution in [0.5, 0.6) is 0 Å². The van der Waals surface area contributed by atoms with E-state index in [1.165, 1.54) is 0 Å². The average Bonchev–Trinajstić information content (AvgIpc) is 2.93. The Morgan fingerprint density at radius 2 is 2.11 bits per heavy atom. The SMILES string of the molecule is C/C1=C/CC[C@@]2(C)O[C@@H]2CC(C)(C)[C@@H](C#N)CC1=O. The van der Waals surface area contributed by atoms with Crippen molar-refractivity contribution in [2.24, 2.45) is 11.3 Å². The summed E-state index contributed by atoms with van der Waals surface area (Å²) in [4.78, 5) is 12.1. The van der Waals surface area contributed by atoms with Gasteiger partial charge in [0.05, 0.1) is 23.7 Å². The van der Waals surface area contributed by atoms with Crippen LogP contribution in [0, 0.1) is 22.7 Å². The molecular weight excluding hydrogens is 238 g/mol. The van der Waals surface area contributed by atoms with E-state index in [0.29, 0.717) is 6.42 Å². The predicted molar refractivity (Wildman–Crippen MR) is 73.4 cm³/mol. The summed E-state index contributed by atoms with van der Waals surface area (Å²) in [5.41, 5.74) is 0.553. The number of Topliss-reactive ketones (excluding diaryl/α,β-unsaturated/α-hetero) is 1. The summed E-state index contributed by atoms with van der Waals surface area (Å²) < 4.78 is 5.84. The van der Waals surface area contributed by atoms with Crippen LogP contribution in [0.4, 0.5) is 0 Å². The van der Waals surface area contributed by atoms with E-state index in [4.69, 9.17) is 4.74 Å². The lowest BCUT2D eigenvalue weighted by Gasteiger charge is -2.29. The minimum atomic E-state index is -0.241. The summed E-state index contributed by atoms with van der Waals surface area (Å²) in [6, 6.07) is 2.33. The van der Waals surface area contributed by atoms with Crippen molar-refractivity contribution in [3.63, 3.8) is 0 Å². The largest absolute Gasteiger partial charge is 0.366 e. The van der Waals surface area contributed by atoms with Crippen molar-refractivity contribution in [2.45, 2.75) is 65.1 Å².